The summed E-state index contributed by atoms with van der Waals surface area (Å²) in [5.41, 5.74) is 1.34. The lowest BCUT2D eigenvalue weighted by molar-refractivity contribution is 0.571. The van der Waals surface area contributed by atoms with Gasteiger partial charge in [0, 0.05) is 12.7 Å². The van der Waals surface area contributed by atoms with Crippen LogP contribution in [0.5, 0.6) is 0 Å². The van der Waals surface area contributed by atoms with Crippen LogP contribution in [0.3, 0.4) is 0 Å². The van der Waals surface area contributed by atoms with Crippen LogP contribution in [0.4, 0.5) is 0 Å². The first-order valence-electron chi connectivity index (χ1n) is 7.76. The summed E-state index contributed by atoms with van der Waals surface area (Å²) in [6, 6.07) is 0. The van der Waals surface area contributed by atoms with E-state index in [1.54, 1.807) is 0 Å². The Morgan fingerprint density at radius 2 is 1.56 bits per heavy atom. The van der Waals surface area contributed by atoms with Gasteiger partial charge in [-0.3, -0.25) is 4.68 Å². The molecule has 0 N–H and O–H groups in total. The Labute approximate surface area is 116 Å². The van der Waals surface area contributed by atoms with Gasteiger partial charge in [-0.2, -0.15) is 5.10 Å². The van der Waals surface area contributed by atoms with E-state index in [2.05, 4.69) is 32.1 Å². The lowest BCUT2D eigenvalue weighted by Crippen LogP contribution is -1.97. The van der Waals surface area contributed by atoms with Gasteiger partial charge < -0.3 is 0 Å². The Bertz CT molecular complexity index is 227. The molecule has 2 heteroatoms. The first-order chi connectivity index (χ1) is 8.74. The SMILES string of the molecule is CC.CC.CC.CCCCn1cc(C(C)C)cn1. The van der Waals surface area contributed by atoms with Crippen LogP contribution in [-0.2, 0) is 6.54 Å². The van der Waals surface area contributed by atoms with Crippen LogP contribution in [0.15, 0.2) is 12.4 Å². The minimum Gasteiger partial charge on any atom is -0.272 e. The lowest BCUT2D eigenvalue weighted by Gasteiger charge is -1.99. The molecule has 0 spiro atoms. The van der Waals surface area contributed by atoms with E-state index in [1.807, 2.05) is 52.4 Å². The molecule has 0 saturated carbocycles. The van der Waals surface area contributed by atoms with Gasteiger partial charge in [-0.25, -0.2) is 0 Å². The Morgan fingerprint density at radius 3 is 1.89 bits per heavy atom. The van der Waals surface area contributed by atoms with Crippen molar-refractivity contribution < 1.29 is 0 Å². The normalized spacial score (nSPS) is 8.33. The third-order valence-electron chi connectivity index (χ3n) is 2.06. The maximum absolute atomic E-state index is 4.29. The fourth-order valence-electron chi connectivity index (χ4n) is 1.12. The lowest BCUT2D eigenvalue weighted by atomic mass is 10.1. The van der Waals surface area contributed by atoms with Crippen LogP contribution in [0, 0.1) is 0 Å². The van der Waals surface area contributed by atoms with Gasteiger partial charge in [0.15, 0.2) is 0 Å². The summed E-state index contributed by atoms with van der Waals surface area (Å²) in [5.74, 6) is 0.598. The molecule has 0 fully saturated rings. The van der Waals surface area contributed by atoms with Crippen LogP contribution >= 0.6 is 0 Å². The van der Waals surface area contributed by atoms with E-state index in [0.29, 0.717) is 5.92 Å². The van der Waals surface area contributed by atoms with Gasteiger partial charge in [0.2, 0.25) is 0 Å². The molecule has 1 rings (SSSR count). The largest absolute Gasteiger partial charge is 0.272 e. The fraction of sp³-hybridized carbons (Fsp3) is 0.812. The summed E-state index contributed by atoms with van der Waals surface area (Å²) in [6.45, 7) is 19.7. The van der Waals surface area contributed by atoms with Crippen molar-refractivity contribution in [3.63, 3.8) is 0 Å². The Balaban J connectivity index is -0.000000328. The first-order valence-corrected chi connectivity index (χ1v) is 7.76. The number of rotatable bonds is 4. The number of hydrogen-bond donors (Lipinski definition) is 0. The molecule has 0 aliphatic rings. The molecule has 18 heavy (non-hydrogen) atoms. The average Bonchev–Trinajstić information content (AvgIpc) is 2.92. The van der Waals surface area contributed by atoms with Gasteiger partial charge in [0.25, 0.3) is 0 Å². The van der Waals surface area contributed by atoms with E-state index < -0.39 is 0 Å². The van der Waals surface area contributed by atoms with E-state index in [1.165, 1.54) is 18.4 Å². The predicted octanol–water partition coefficient (Wildman–Crippen LogP) is 5.89. The Kier molecular flexibility index (Phi) is 23.1. The Morgan fingerprint density at radius 1 is 1.06 bits per heavy atom. The molecule has 0 radical (unpaired) electrons. The summed E-state index contributed by atoms with van der Waals surface area (Å²) in [4.78, 5) is 0. The summed E-state index contributed by atoms with van der Waals surface area (Å²) >= 11 is 0. The molecule has 0 unspecified atom stereocenters. The van der Waals surface area contributed by atoms with Crippen LogP contribution in [0.1, 0.15) is 86.6 Å². The minimum absolute atomic E-state index is 0.598. The highest BCUT2D eigenvalue weighted by Crippen LogP contribution is 2.12. The average molecular weight is 256 g/mol. The Hall–Kier alpha value is -0.790. The summed E-state index contributed by atoms with van der Waals surface area (Å²) in [6.07, 6.45) is 6.58. The highest BCUT2D eigenvalue weighted by Gasteiger charge is 2.01. The predicted molar refractivity (Wildman–Crippen MR) is 85.3 cm³/mol. The number of hydrogen-bond acceptors (Lipinski definition) is 1. The standard InChI is InChI=1S/C10H18N2.3C2H6/c1-4-5-6-12-8-10(7-11-12)9(2)3;3*1-2/h7-9H,4-6H2,1-3H3;3*1-2H3. The summed E-state index contributed by atoms with van der Waals surface area (Å²) in [7, 11) is 0. The topological polar surface area (TPSA) is 17.8 Å². The van der Waals surface area contributed by atoms with Gasteiger partial charge in [0.1, 0.15) is 0 Å². The van der Waals surface area contributed by atoms with E-state index in [9.17, 15) is 0 Å². The van der Waals surface area contributed by atoms with Crippen molar-refractivity contribution in [1.82, 2.24) is 9.78 Å². The van der Waals surface area contributed by atoms with Crippen molar-refractivity contribution in [3.05, 3.63) is 18.0 Å². The molecule has 0 saturated heterocycles. The number of nitrogens with zero attached hydrogens (tertiary/aromatic N) is 2. The number of aromatic nitrogens is 2. The zero-order valence-corrected chi connectivity index (χ0v) is 14.2. The summed E-state index contributed by atoms with van der Waals surface area (Å²) in [5, 5.41) is 4.29. The van der Waals surface area contributed by atoms with Crippen molar-refractivity contribution in [2.75, 3.05) is 0 Å². The van der Waals surface area contributed by atoms with Crippen LogP contribution in [0.2, 0.25) is 0 Å². The molecule has 1 aromatic heterocycles. The van der Waals surface area contributed by atoms with Gasteiger partial charge in [-0.1, -0.05) is 68.7 Å². The maximum Gasteiger partial charge on any atom is 0.0524 e. The first kappa shape index (κ1) is 22.4. The quantitative estimate of drug-likeness (QED) is 0.657. The molecule has 0 bridgehead atoms. The van der Waals surface area contributed by atoms with Crippen LogP contribution < -0.4 is 0 Å². The van der Waals surface area contributed by atoms with Crippen molar-refractivity contribution in [2.45, 2.75) is 87.6 Å². The monoisotopic (exact) mass is 256 g/mol. The molecular formula is C16H36N2. The minimum atomic E-state index is 0.598. The molecule has 0 aliphatic carbocycles. The second-order valence-corrected chi connectivity index (χ2v) is 3.54. The van der Waals surface area contributed by atoms with E-state index in [4.69, 9.17) is 0 Å². The highest BCUT2D eigenvalue weighted by molar-refractivity contribution is 5.08. The van der Waals surface area contributed by atoms with Gasteiger partial charge in [-0.15, -0.1) is 0 Å². The molecule has 1 heterocycles. The maximum atomic E-state index is 4.29. The zero-order valence-electron chi connectivity index (χ0n) is 14.2. The van der Waals surface area contributed by atoms with Crippen molar-refractivity contribution in [1.29, 1.82) is 0 Å². The molecule has 1 aromatic rings. The molecule has 0 atom stereocenters. The zero-order chi connectivity index (χ0) is 15.0. The number of aryl methyl sites for hydroxylation is 1. The molecule has 0 amide bonds. The second-order valence-electron chi connectivity index (χ2n) is 3.54. The highest BCUT2D eigenvalue weighted by atomic mass is 15.3. The third-order valence-corrected chi connectivity index (χ3v) is 2.06. The molecule has 0 aliphatic heterocycles. The third kappa shape index (κ3) is 11.7. The van der Waals surface area contributed by atoms with Crippen molar-refractivity contribution >= 4 is 0 Å². The fourth-order valence-corrected chi connectivity index (χ4v) is 1.12. The van der Waals surface area contributed by atoms with E-state index in [0.717, 1.165) is 6.54 Å². The van der Waals surface area contributed by atoms with Gasteiger partial charge >= 0.3 is 0 Å². The second kappa shape index (κ2) is 18.6. The van der Waals surface area contributed by atoms with Crippen molar-refractivity contribution in [3.8, 4) is 0 Å². The van der Waals surface area contributed by atoms with Crippen molar-refractivity contribution in [2.24, 2.45) is 0 Å². The molecule has 110 valence electrons. The van der Waals surface area contributed by atoms with Crippen LogP contribution in [0.25, 0.3) is 0 Å². The van der Waals surface area contributed by atoms with E-state index in [-0.39, 0.29) is 0 Å². The van der Waals surface area contributed by atoms with Gasteiger partial charge in [-0.05, 0) is 17.9 Å². The molecule has 2 nitrogen and oxygen atoms in total. The summed E-state index contributed by atoms with van der Waals surface area (Å²) < 4.78 is 2.04. The molecule has 0 aromatic carbocycles. The van der Waals surface area contributed by atoms with Crippen LogP contribution in [-0.4, -0.2) is 9.78 Å². The van der Waals surface area contributed by atoms with Gasteiger partial charge in [0.05, 0.1) is 6.20 Å². The molecular weight excluding hydrogens is 220 g/mol. The smallest absolute Gasteiger partial charge is 0.0524 e. The van der Waals surface area contributed by atoms with E-state index >= 15 is 0 Å². The number of unbranched alkanes of at least 4 members (excludes halogenated alkanes) is 1.